The highest BCUT2D eigenvalue weighted by Gasteiger charge is 2.31. The van der Waals surface area contributed by atoms with Crippen LogP contribution in [0.2, 0.25) is 0 Å². The smallest absolute Gasteiger partial charge is 0.236 e. The predicted octanol–water partition coefficient (Wildman–Crippen LogP) is 2.76. The Bertz CT molecular complexity index is 444. The van der Waals surface area contributed by atoms with E-state index in [2.05, 4.69) is 39.4 Å². The number of nitrogens with one attached hydrogen (secondary N) is 1. The summed E-state index contributed by atoms with van der Waals surface area (Å²) >= 11 is 3.60. The van der Waals surface area contributed by atoms with E-state index in [9.17, 15) is 4.79 Å². The quantitative estimate of drug-likeness (QED) is 0.903. The third-order valence-electron chi connectivity index (χ3n) is 3.93. The number of likely N-dealkylation sites (N-methyl/N-ethyl adjacent to an activating group) is 1. The highest BCUT2D eigenvalue weighted by molar-refractivity contribution is 9.10. The van der Waals surface area contributed by atoms with Gasteiger partial charge in [-0.1, -0.05) is 34.1 Å². The molecule has 0 bridgehead atoms. The van der Waals surface area contributed by atoms with Crippen molar-refractivity contribution in [2.75, 3.05) is 20.1 Å². The van der Waals surface area contributed by atoms with Crippen LogP contribution in [0, 0.1) is 0 Å². The minimum absolute atomic E-state index is 0.173. The third kappa shape index (κ3) is 3.57. The summed E-state index contributed by atoms with van der Waals surface area (Å²) < 4.78 is 1.19. The number of benzene rings is 1. The highest BCUT2D eigenvalue weighted by atomic mass is 79.9. The van der Waals surface area contributed by atoms with Crippen LogP contribution in [0.25, 0.3) is 0 Å². The van der Waals surface area contributed by atoms with E-state index in [0.29, 0.717) is 18.5 Å². The number of carbonyl (C=O) groups excluding carboxylic acids is 1. The molecule has 0 aromatic heterocycles. The maximum Gasteiger partial charge on any atom is 0.236 e. The Kier molecular flexibility index (Phi) is 4.99. The normalized spacial score (nSPS) is 21.8. The minimum atomic E-state index is 0.173. The molecule has 0 aliphatic heterocycles. The van der Waals surface area contributed by atoms with E-state index >= 15 is 0 Å². The molecule has 3 nitrogen and oxygen atoms in total. The van der Waals surface area contributed by atoms with Crippen LogP contribution in [-0.2, 0) is 4.79 Å². The maximum atomic E-state index is 11.7. The lowest BCUT2D eigenvalue weighted by atomic mass is 9.76. The van der Waals surface area contributed by atoms with Crippen molar-refractivity contribution >= 4 is 21.8 Å². The van der Waals surface area contributed by atoms with Gasteiger partial charge in [-0.2, -0.15) is 0 Å². The van der Waals surface area contributed by atoms with Gasteiger partial charge in [-0.05, 0) is 37.3 Å². The molecule has 1 saturated carbocycles. The van der Waals surface area contributed by atoms with Crippen molar-refractivity contribution in [2.24, 2.45) is 0 Å². The SMILES string of the molecule is CCN(C)C(=O)CNC1CC(c2ccccc2Br)C1. The number of amides is 1. The molecule has 0 unspecified atom stereocenters. The number of carbonyl (C=O) groups is 1. The fraction of sp³-hybridized carbons (Fsp3) is 0.533. The summed E-state index contributed by atoms with van der Waals surface area (Å²) in [6, 6.07) is 8.88. The van der Waals surface area contributed by atoms with Crippen LogP contribution >= 0.6 is 15.9 Å². The van der Waals surface area contributed by atoms with Gasteiger partial charge in [0.15, 0.2) is 0 Å². The fourth-order valence-corrected chi connectivity index (χ4v) is 3.00. The first-order chi connectivity index (χ1) is 9.11. The molecule has 19 heavy (non-hydrogen) atoms. The molecule has 1 fully saturated rings. The van der Waals surface area contributed by atoms with E-state index < -0.39 is 0 Å². The lowest BCUT2D eigenvalue weighted by Crippen LogP contribution is -2.45. The van der Waals surface area contributed by atoms with Gasteiger partial charge in [-0.15, -0.1) is 0 Å². The molecule has 1 amide bonds. The highest BCUT2D eigenvalue weighted by Crippen LogP contribution is 2.39. The average molecular weight is 325 g/mol. The lowest BCUT2D eigenvalue weighted by molar-refractivity contribution is -0.129. The van der Waals surface area contributed by atoms with Crippen LogP contribution in [0.3, 0.4) is 0 Å². The monoisotopic (exact) mass is 324 g/mol. The van der Waals surface area contributed by atoms with E-state index in [1.54, 1.807) is 4.90 Å². The van der Waals surface area contributed by atoms with Crippen LogP contribution < -0.4 is 5.32 Å². The maximum absolute atomic E-state index is 11.7. The van der Waals surface area contributed by atoms with Gasteiger partial charge in [0.2, 0.25) is 5.91 Å². The first kappa shape index (κ1) is 14.5. The first-order valence-electron chi connectivity index (χ1n) is 6.83. The van der Waals surface area contributed by atoms with Crippen molar-refractivity contribution in [2.45, 2.75) is 31.7 Å². The Labute approximate surface area is 123 Å². The number of rotatable bonds is 5. The van der Waals surface area contributed by atoms with E-state index in [4.69, 9.17) is 0 Å². The van der Waals surface area contributed by atoms with Crippen molar-refractivity contribution in [3.8, 4) is 0 Å². The third-order valence-corrected chi connectivity index (χ3v) is 4.65. The van der Waals surface area contributed by atoms with Crippen LogP contribution in [0.15, 0.2) is 28.7 Å². The average Bonchev–Trinajstić information content (AvgIpc) is 2.37. The van der Waals surface area contributed by atoms with E-state index in [1.807, 2.05) is 20.0 Å². The molecule has 0 radical (unpaired) electrons. The van der Waals surface area contributed by atoms with Gasteiger partial charge in [0.25, 0.3) is 0 Å². The van der Waals surface area contributed by atoms with E-state index in [1.165, 1.54) is 10.0 Å². The van der Waals surface area contributed by atoms with Crippen molar-refractivity contribution in [1.82, 2.24) is 10.2 Å². The molecule has 0 spiro atoms. The zero-order valence-corrected chi connectivity index (χ0v) is 13.1. The molecule has 1 aromatic carbocycles. The predicted molar refractivity (Wildman–Crippen MR) is 81.2 cm³/mol. The largest absolute Gasteiger partial charge is 0.345 e. The Morgan fingerprint density at radius 2 is 2.11 bits per heavy atom. The molecule has 4 heteroatoms. The molecular weight excluding hydrogens is 304 g/mol. The van der Waals surface area contributed by atoms with Crippen molar-refractivity contribution in [3.05, 3.63) is 34.3 Å². The van der Waals surface area contributed by atoms with Gasteiger partial charge < -0.3 is 10.2 Å². The van der Waals surface area contributed by atoms with Gasteiger partial charge >= 0.3 is 0 Å². The van der Waals surface area contributed by atoms with Crippen molar-refractivity contribution in [3.63, 3.8) is 0 Å². The Morgan fingerprint density at radius 3 is 2.74 bits per heavy atom. The molecule has 104 valence electrons. The van der Waals surface area contributed by atoms with Crippen LogP contribution in [0.1, 0.15) is 31.2 Å². The number of hydrogen-bond donors (Lipinski definition) is 1. The molecule has 1 aliphatic rings. The lowest BCUT2D eigenvalue weighted by Gasteiger charge is -2.37. The van der Waals surface area contributed by atoms with Crippen molar-refractivity contribution in [1.29, 1.82) is 0 Å². The molecule has 0 saturated heterocycles. The summed E-state index contributed by atoms with van der Waals surface area (Å²) in [6.45, 7) is 3.21. The molecular formula is C15H21BrN2O. The second-order valence-electron chi connectivity index (χ2n) is 5.18. The summed E-state index contributed by atoms with van der Waals surface area (Å²) in [5.41, 5.74) is 1.39. The van der Waals surface area contributed by atoms with Gasteiger partial charge in [-0.25, -0.2) is 0 Å². The number of halogens is 1. The minimum Gasteiger partial charge on any atom is -0.345 e. The summed E-state index contributed by atoms with van der Waals surface area (Å²) in [7, 11) is 1.84. The summed E-state index contributed by atoms with van der Waals surface area (Å²) in [5.74, 6) is 0.791. The van der Waals surface area contributed by atoms with Gasteiger partial charge in [0.05, 0.1) is 6.54 Å². The van der Waals surface area contributed by atoms with Crippen LogP contribution in [-0.4, -0.2) is 37.0 Å². The van der Waals surface area contributed by atoms with Crippen molar-refractivity contribution < 1.29 is 4.79 Å². The Hall–Kier alpha value is -0.870. The standard InChI is InChI=1S/C15H21BrN2O/c1-3-18(2)15(19)10-17-12-8-11(9-12)13-6-4-5-7-14(13)16/h4-7,11-12,17H,3,8-10H2,1-2H3. The molecule has 0 atom stereocenters. The fourth-order valence-electron chi connectivity index (χ4n) is 2.39. The Morgan fingerprint density at radius 1 is 1.42 bits per heavy atom. The molecule has 1 aliphatic carbocycles. The topological polar surface area (TPSA) is 32.3 Å². The molecule has 0 heterocycles. The van der Waals surface area contributed by atoms with E-state index in [-0.39, 0.29) is 5.91 Å². The second kappa shape index (κ2) is 6.53. The molecule has 1 N–H and O–H groups in total. The molecule has 2 rings (SSSR count). The van der Waals surface area contributed by atoms with Gasteiger partial charge in [-0.3, -0.25) is 4.79 Å². The second-order valence-corrected chi connectivity index (χ2v) is 6.03. The summed E-state index contributed by atoms with van der Waals surface area (Å²) in [6.07, 6.45) is 2.23. The molecule has 1 aromatic rings. The van der Waals surface area contributed by atoms with Gasteiger partial charge in [0.1, 0.15) is 0 Å². The van der Waals surface area contributed by atoms with Crippen LogP contribution in [0.5, 0.6) is 0 Å². The van der Waals surface area contributed by atoms with E-state index in [0.717, 1.165) is 19.4 Å². The zero-order valence-electron chi connectivity index (χ0n) is 11.5. The number of nitrogens with zero attached hydrogens (tertiary/aromatic N) is 1. The summed E-state index contributed by atoms with van der Waals surface area (Å²) in [5, 5.41) is 3.35. The van der Waals surface area contributed by atoms with Gasteiger partial charge in [0, 0.05) is 24.1 Å². The number of hydrogen-bond acceptors (Lipinski definition) is 2. The zero-order chi connectivity index (χ0) is 13.8. The Balaban J connectivity index is 1.75. The first-order valence-corrected chi connectivity index (χ1v) is 7.63. The summed E-state index contributed by atoms with van der Waals surface area (Å²) in [4.78, 5) is 13.4. The van der Waals surface area contributed by atoms with Crippen LogP contribution in [0.4, 0.5) is 0 Å².